The second kappa shape index (κ2) is 15.6. The molecule has 1 aromatic heterocycles. The zero-order valence-corrected chi connectivity index (χ0v) is 20.5. The number of hydrogen-bond donors (Lipinski definition) is 2. The summed E-state index contributed by atoms with van der Waals surface area (Å²) in [5.74, 6) is 0.950. The van der Waals surface area contributed by atoms with Gasteiger partial charge in [0.2, 0.25) is 22.2 Å². The summed E-state index contributed by atoms with van der Waals surface area (Å²) in [7, 11) is -3.35. The van der Waals surface area contributed by atoms with Gasteiger partial charge < -0.3 is 10.6 Å². The second-order valence-corrected chi connectivity index (χ2v) is 10.5. The molecule has 0 atom stereocenters. The van der Waals surface area contributed by atoms with E-state index in [1.807, 2.05) is 0 Å². The van der Waals surface area contributed by atoms with Crippen molar-refractivity contribution in [1.29, 1.82) is 5.26 Å². The summed E-state index contributed by atoms with van der Waals surface area (Å²) < 4.78 is 26.0. The quantitative estimate of drug-likeness (QED) is 0.136. The van der Waals surface area contributed by atoms with Crippen molar-refractivity contribution in [1.82, 2.24) is 14.8 Å². The molecule has 0 spiro atoms. The maximum absolute atomic E-state index is 12.4. The van der Waals surface area contributed by atoms with Gasteiger partial charge in [0.1, 0.15) is 0 Å². The van der Waals surface area contributed by atoms with Crippen molar-refractivity contribution < 1.29 is 13.3 Å². The van der Waals surface area contributed by atoms with Crippen molar-refractivity contribution in [2.24, 2.45) is 10.9 Å². The van der Waals surface area contributed by atoms with Gasteiger partial charge in [-0.05, 0) is 50.7 Å². The van der Waals surface area contributed by atoms with Gasteiger partial charge in [0.05, 0.1) is 12.4 Å². The fourth-order valence-corrected chi connectivity index (χ4v) is 4.72. The monoisotopic (exact) mass is 478 g/mol. The first-order valence-electron chi connectivity index (χ1n) is 12.1. The topological polar surface area (TPSA) is 120 Å². The van der Waals surface area contributed by atoms with E-state index in [9.17, 15) is 8.42 Å². The van der Waals surface area contributed by atoms with Gasteiger partial charge in [0, 0.05) is 31.2 Å². The smallest absolute Gasteiger partial charge is 0.235 e. The molecule has 33 heavy (non-hydrogen) atoms. The number of nitriles is 1. The minimum atomic E-state index is -3.35. The van der Waals surface area contributed by atoms with E-state index in [0.29, 0.717) is 31.6 Å². The van der Waals surface area contributed by atoms with Crippen LogP contribution in [0.2, 0.25) is 0 Å². The van der Waals surface area contributed by atoms with Crippen LogP contribution in [0.5, 0.6) is 0 Å². The maximum Gasteiger partial charge on any atom is 0.235 e. The Balaban J connectivity index is 1.61. The Bertz CT molecular complexity index is 836. The Morgan fingerprint density at radius 1 is 1.18 bits per heavy atom. The minimum Gasteiger partial charge on any atom is -0.355 e. The largest absolute Gasteiger partial charge is 0.355 e. The van der Waals surface area contributed by atoms with E-state index in [4.69, 9.17) is 10.1 Å². The van der Waals surface area contributed by atoms with Crippen LogP contribution in [0.15, 0.2) is 29.5 Å². The van der Waals surface area contributed by atoms with Crippen molar-refractivity contribution in [3.63, 3.8) is 0 Å². The van der Waals surface area contributed by atoms with Crippen molar-refractivity contribution >= 4 is 21.7 Å². The molecule has 0 aromatic carbocycles. The molecule has 9 nitrogen and oxygen atoms in total. The first kappa shape index (κ1) is 27.0. The van der Waals surface area contributed by atoms with E-state index in [0.717, 1.165) is 50.6 Å². The van der Waals surface area contributed by atoms with Crippen LogP contribution in [-0.2, 0) is 14.9 Å². The van der Waals surface area contributed by atoms with Gasteiger partial charge in [0.15, 0.2) is 0 Å². The molecule has 1 aromatic rings. The van der Waals surface area contributed by atoms with Gasteiger partial charge in [0.25, 0.3) is 0 Å². The highest BCUT2D eigenvalue weighted by atomic mass is 32.2. The van der Waals surface area contributed by atoms with Crippen LogP contribution >= 0.6 is 0 Å². The van der Waals surface area contributed by atoms with E-state index >= 15 is 0 Å². The number of guanidine groups is 1. The number of aliphatic imine (C=N–C) groups is 1. The molecular weight excluding hydrogens is 440 g/mol. The first-order chi connectivity index (χ1) is 16.0. The van der Waals surface area contributed by atoms with Crippen molar-refractivity contribution in [3.8, 4) is 6.19 Å². The molecule has 0 saturated heterocycles. The Labute approximate surface area is 198 Å². The zero-order chi connectivity index (χ0) is 23.8. The number of aromatic nitrogens is 1. The summed E-state index contributed by atoms with van der Waals surface area (Å²) in [5, 5.41) is 15.1. The van der Waals surface area contributed by atoms with Crippen molar-refractivity contribution in [2.75, 3.05) is 30.8 Å². The third-order valence-electron chi connectivity index (χ3n) is 5.77. The predicted molar refractivity (Wildman–Crippen MR) is 131 cm³/mol. The average Bonchev–Trinajstić information content (AvgIpc) is 2.83. The highest BCUT2D eigenvalue weighted by Crippen LogP contribution is 2.24. The van der Waals surface area contributed by atoms with Crippen LogP contribution < -0.4 is 10.6 Å². The maximum atomic E-state index is 12.4. The molecule has 1 heterocycles. The molecule has 2 N–H and O–H groups in total. The molecule has 2 rings (SSSR count). The summed E-state index contributed by atoms with van der Waals surface area (Å²) in [6, 6.07) is 3.60. The fourth-order valence-electron chi connectivity index (χ4n) is 3.81. The van der Waals surface area contributed by atoms with E-state index < -0.39 is 10.0 Å². The van der Waals surface area contributed by atoms with Crippen LogP contribution in [0.4, 0.5) is 5.69 Å². The normalized spacial score (nSPS) is 15.4. The standard InChI is InChI=1S/C23H38N6O3S/c1-2-33(30,31)29(32-19-21-11-7-6-8-12-21)18-10-5-3-4-9-15-26-23(27-20-24)28-22-13-16-25-17-14-22/h13-14,16-17,21H,2-12,15,18-19H2,1H3,(H2,25,26,27,28). The number of sulfonamides is 1. The van der Waals surface area contributed by atoms with E-state index in [-0.39, 0.29) is 5.75 Å². The lowest BCUT2D eigenvalue weighted by atomic mass is 9.90. The van der Waals surface area contributed by atoms with Crippen molar-refractivity contribution in [3.05, 3.63) is 24.5 Å². The molecule has 10 heteroatoms. The lowest BCUT2D eigenvalue weighted by Gasteiger charge is -2.26. The highest BCUT2D eigenvalue weighted by Gasteiger charge is 2.23. The number of nitrogens with one attached hydrogen (secondary N) is 2. The molecule has 1 aliphatic rings. The van der Waals surface area contributed by atoms with Gasteiger partial charge in [-0.25, -0.2) is 8.42 Å². The molecule has 0 bridgehead atoms. The molecule has 0 aliphatic heterocycles. The van der Waals surface area contributed by atoms with Gasteiger partial charge in [-0.15, -0.1) is 4.99 Å². The molecule has 1 aliphatic carbocycles. The lowest BCUT2D eigenvalue weighted by Crippen LogP contribution is -2.35. The Morgan fingerprint density at radius 3 is 2.58 bits per heavy atom. The predicted octanol–water partition coefficient (Wildman–Crippen LogP) is 4.03. The summed E-state index contributed by atoms with van der Waals surface area (Å²) in [5.41, 5.74) is 0.809. The van der Waals surface area contributed by atoms with Gasteiger partial charge in [-0.3, -0.25) is 9.82 Å². The first-order valence-corrected chi connectivity index (χ1v) is 13.7. The molecule has 0 amide bonds. The summed E-state index contributed by atoms with van der Waals surface area (Å²) >= 11 is 0. The van der Waals surface area contributed by atoms with Gasteiger partial charge >= 0.3 is 0 Å². The van der Waals surface area contributed by atoms with Crippen molar-refractivity contribution in [2.45, 2.75) is 71.1 Å². The van der Waals surface area contributed by atoms with E-state index in [1.165, 1.54) is 23.7 Å². The average molecular weight is 479 g/mol. The fraction of sp³-hybridized carbons (Fsp3) is 0.696. The third-order valence-corrected chi connectivity index (χ3v) is 7.41. The van der Waals surface area contributed by atoms with Crippen LogP contribution in [0.25, 0.3) is 0 Å². The number of pyridine rings is 1. The minimum absolute atomic E-state index is 0.0590. The van der Waals surface area contributed by atoms with Crippen LogP contribution in [0.1, 0.15) is 71.1 Å². The number of unbranched alkanes of at least 4 members (excludes halogenated alkanes) is 4. The molecular formula is C23H38N6O3S. The Morgan fingerprint density at radius 2 is 1.88 bits per heavy atom. The molecule has 0 radical (unpaired) electrons. The lowest BCUT2D eigenvalue weighted by molar-refractivity contribution is -0.103. The van der Waals surface area contributed by atoms with Gasteiger partial charge in [-0.2, -0.15) is 5.26 Å². The number of anilines is 1. The summed E-state index contributed by atoms with van der Waals surface area (Å²) in [6.07, 6.45) is 15.8. The molecule has 1 saturated carbocycles. The highest BCUT2D eigenvalue weighted by molar-refractivity contribution is 7.88. The SMILES string of the molecule is CCS(=O)(=O)N(CCCCCCCN/C(=N\C#N)Nc1ccncc1)OCC1CCCCC1. The summed E-state index contributed by atoms with van der Waals surface area (Å²) in [6.45, 7) is 3.27. The summed E-state index contributed by atoms with van der Waals surface area (Å²) in [4.78, 5) is 13.5. The third kappa shape index (κ3) is 11.0. The van der Waals surface area contributed by atoms with Gasteiger partial charge in [-0.1, -0.05) is 43.0 Å². The molecule has 184 valence electrons. The molecule has 1 fully saturated rings. The van der Waals surface area contributed by atoms with Crippen LogP contribution in [-0.4, -0.2) is 49.3 Å². The number of rotatable bonds is 14. The van der Waals surface area contributed by atoms with E-state index in [1.54, 1.807) is 37.6 Å². The number of hydroxylamine groups is 1. The second-order valence-electron chi connectivity index (χ2n) is 8.34. The zero-order valence-electron chi connectivity index (χ0n) is 19.7. The van der Waals surface area contributed by atoms with Crippen LogP contribution in [0, 0.1) is 17.4 Å². The number of nitrogens with zero attached hydrogens (tertiary/aromatic N) is 4. The Kier molecular flexibility index (Phi) is 12.8. The van der Waals surface area contributed by atoms with E-state index in [2.05, 4.69) is 20.6 Å². The Hall–Kier alpha value is -2.22. The molecule has 0 unspecified atom stereocenters. The van der Waals surface area contributed by atoms with Crippen LogP contribution in [0.3, 0.4) is 0 Å². The number of hydrogen-bond acceptors (Lipinski definition) is 6.